The fraction of sp³-hybridized carbons (Fsp3) is 0. The zero-order valence-corrected chi connectivity index (χ0v) is 13.0. The number of sulfonamides is 1. The molecule has 0 saturated heterocycles. The highest BCUT2D eigenvalue weighted by Crippen LogP contribution is 2.24. The Balaban J connectivity index is 2.12. The van der Waals surface area contributed by atoms with Crippen LogP contribution in [0.2, 0.25) is 0 Å². The van der Waals surface area contributed by atoms with Crippen molar-refractivity contribution in [2.45, 2.75) is 4.90 Å². The molecule has 0 radical (unpaired) electrons. The SMILES string of the molecule is O=S(=O)(N/N=C/c1ccc(O)c(O)c1)c1ccc(Br)cc1. The van der Waals surface area contributed by atoms with E-state index < -0.39 is 10.0 Å². The van der Waals surface area contributed by atoms with E-state index in [1.54, 1.807) is 12.1 Å². The highest BCUT2D eigenvalue weighted by molar-refractivity contribution is 9.10. The summed E-state index contributed by atoms with van der Waals surface area (Å²) in [4.78, 5) is 2.14. The Morgan fingerprint density at radius 1 is 1.05 bits per heavy atom. The molecule has 0 fully saturated rings. The quantitative estimate of drug-likeness (QED) is 0.436. The van der Waals surface area contributed by atoms with Crippen molar-refractivity contribution in [1.29, 1.82) is 0 Å². The molecule has 8 heteroatoms. The van der Waals surface area contributed by atoms with Gasteiger partial charge < -0.3 is 10.2 Å². The second-order valence-electron chi connectivity index (χ2n) is 4.05. The van der Waals surface area contributed by atoms with Crippen LogP contribution in [0.5, 0.6) is 11.5 Å². The lowest BCUT2D eigenvalue weighted by Gasteiger charge is -2.03. The van der Waals surface area contributed by atoms with Crippen molar-refractivity contribution < 1.29 is 18.6 Å². The molecule has 2 aromatic carbocycles. The molecule has 0 heterocycles. The van der Waals surface area contributed by atoms with Crippen molar-refractivity contribution in [3.8, 4) is 11.5 Å². The molecule has 0 aromatic heterocycles. The van der Waals surface area contributed by atoms with E-state index in [4.69, 9.17) is 5.11 Å². The minimum atomic E-state index is -3.75. The van der Waals surface area contributed by atoms with Crippen LogP contribution in [0.25, 0.3) is 0 Å². The first-order chi connectivity index (χ1) is 9.88. The molecule has 110 valence electrons. The molecule has 0 spiro atoms. The fourth-order valence-corrected chi connectivity index (χ4v) is 2.51. The Bertz CT molecular complexity index is 773. The van der Waals surface area contributed by atoms with E-state index in [2.05, 4.69) is 25.9 Å². The predicted molar refractivity (Wildman–Crippen MR) is 81.8 cm³/mol. The Morgan fingerprint density at radius 2 is 1.71 bits per heavy atom. The molecule has 0 aliphatic heterocycles. The fourth-order valence-electron chi connectivity index (χ4n) is 1.46. The van der Waals surface area contributed by atoms with Gasteiger partial charge >= 0.3 is 0 Å². The van der Waals surface area contributed by atoms with E-state index in [0.717, 1.165) is 4.47 Å². The Hall–Kier alpha value is -2.06. The second-order valence-corrected chi connectivity index (χ2v) is 6.63. The van der Waals surface area contributed by atoms with Gasteiger partial charge in [0.15, 0.2) is 11.5 Å². The summed E-state index contributed by atoms with van der Waals surface area (Å²) in [6, 6.07) is 10.1. The number of phenols is 2. The smallest absolute Gasteiger partial charge is 0.276 e. The van der Waals surface area contributed by atoms with Gasteiger partial charge in [0.25, 0.3) is 10.0 Å². The minimum Gasteiger partial charge on any atom is -0.504 e. The van der Waals surface area contributed by atoms with Gasteiger partial charge in [0.2, 0.25) is 0 Å². The standard InChI is InChI=1S/C13H11BrN2O4S/c14-10-2-4-11(5-3-10)21(19,20)16-15-8-9-1-6-12(17)13(18)7-9/h1-8,16-18H/b15-8+. The van der Waals surface area contributed by atoms with E-state index in [-0.39, 0.29) is 16.4 Å². The number of aromatic hydroxyl groups is 2. The Morgan fingerprint density at radius 3 is 2.33 bits per heavy atom. The van der Waals surface area contributed by atoms with Crippen LogP contribution < -0.4 is 4.83 Å². The van der Waals surface area contributed by atoms with Crippen LogP contribution in [0.3, 0.4) is 0 Å². The number of hydrogen-bond donors (Lipinski definition) is 3. The zero-order valence-electron chi connectivity index (χ0n) is 10.6. The number of hydrazone groups is 1. The molecule has 0 bridgehead atoms. The highest BCUT2D eigenvalue weighted by Gasteiger charge is 2.11. The van der Waals surface area contributed by atoms with Crippen molar-refractivity contribution >= 4 is 32.2 Å². The topological polar surface area (TPSA) is 99.0 Å². The van der Waals surface area contributed by atoms with Gasteiger partial charge in [-0.05, 0) is 48.0 Å². The summed E-state index contributed by atoms with van der Waals surface area (Å²) in [5, 5.41) is 22.1. The second kappa shape index (κ2) is 6.15. The first-order valence-corrected chi connectivity index (χ1v) is 7.98. The van der Waals surface area contributed by atoms with Crippen LogP contribution in [0.4, 0.5) is 0 Å². The number of nitrogens with zero attached hydrogens (tertiary/aromatic N) is 1. The normalized spacial score (nSPS) is 11.7. The van der Waals surface area contributed by atoms with Crippen molar-refractivity contribution in [2.75, 3.05) is 0 Å². The van der Waals surface area contributed by atoms with Crippen LogP contribution in [-0.4, -0.2) is 24.8 Å². The van der Waals surface area contributed by atoms with Gasteiger partial charge in [-0.3, -0.25) is 0 Å². The van der Waals surface area contributed by atoms with E-state index in [1.807, 2.05) is 0 Å². The largest absolute Gasteiger partial charge is 0.504 e. The lowest BCUT2D eigenvalue weighted by molar-refractivity contribution is 0.403. The molecule has 3 N–H and O–H groups in total. The van der Waals surface area contributed by atoms with Crippen molar-refractivity contribution in [3.05, 3.63) is 52.5 Å². The van der Waals surface area contributed by atoms with Crippen LogP contribution in [0.15, 0.2) is 56.9 Å². The van der Waals surface area contributed by atoms with Crippen LogP contribution in [0.1, 0.15) is 5.56 Å². The highest BCUT2D eigenvalue weighted by atomic mass is 79.9. The molecular weight excluding hydrogens is 360 g/mol. The average Bonchev–Trinajstić information content (AvgIpc) is 2.43. The Labute approximate surface area is 129 Å². The summed E-state index contributed by atoms with van der Waals surface area (Å²) in [6.45, 7) is 0. The maximum atomic E-state index is 11.9. The molecule has 2 rings (SSSR count). The summed E-state index contributed by atoms with van der Waals surface area (Å²) in [7, 11) is -3.75. The van der Waals surface area contributed by atoms with E-state index in [0.29, 0.717) is 5.56 Å². The minimum absolute atomic E-state index is 0.0800. The number of nitrogens with one attached hydrogen (secondary N) is 1. The number of halogens is 1. The maximum Gasteiger partial charge on any atom is 0.276 e. The van der Waals surface area contributed by atoms with Gasteiger partial charge in [0.05, 0.1) is 11.1 Å². The van der Waals surface area contributed by atoms with Crippen LogP contribution in [-0.2, 0) is 10.0 Å². The maximum absolute atomic E-state index is 11.9. The summed E-state index contributed by atoms with van der Waals surface area (Å²) in [5.74, 6) is -0.572. The third-order valence-electron chi connectivity index (χ3n) is 2.51. The third kappa shape index (κ3) is 3.96. The molecule has 0 atom stereocenters. The molecule has 6 nitrogen and oxygen atoms in total. The van der Waals surface area contributed by atoms with Gasteiger partial charge in [0.1, 0.15) is 0 Å². The summed E-state index contributed by atoms with van der Waals surface area (Å²) >= 11 is 3.22. The summed E-state index contributed by atoms with van der Waals surface area (Å²) in [5.41, 5.74) is 0.434. The van der Waals surface area contributed by atoms with Gasteiger partial charge in [-0.1, -0.05) is 15.9 Å². The van der Waals surface area contributed by atoms with Crippen LogP contribution in [0, 0.1) is 0 Å². The van der Waals surface area contributed by atoms with E-state index in [1.165, 1.54) is 36.5 Å². The lowest BCUT2D eigenvalue weighted by atomic mass is 10.2. The van der Waals surface area contributed by atoms with Crippen molar-refractivity contribution in [3.63, 3.8) is 0 Å². The monoisotopic (exact) mass is 370 g/mol. The van der Waals surface area contributed by atoms with Gasteiger partial charge in [0, 0.05) is 4.47 Å². The molecular formula is C13H11BrN2O4S. The van der Waals surface area contributed by atoms with Crippen molar-refractivity contribution in [1.82, 2.24) is 4.83 Å². The zero-order chi connectivity index (χ0) is 15.5. The average molecular weight is 371 g/mol. The molecule has 2 aromatic rings. The van der Waals surface area contributed by atoms with E-state index in [9.17, 15) is 13.5 Å². The predicted octanol–water partition coefficient (Wildman–Crippen LogP) is 2.17. The molecule has 0 aliphatic rings. The third-order valence-corrected chi connectivity index (χ3v) is 4.28. The van der Waals surface area contributed by atoms with Crippen LogP contribution >= 0.6 is 15.9 Å². The molecule has 21 heavy (non-hydrogen) atoms. The van der Waals surface area contributed by atoms with Gasteiger partial charge in [-0.15, -0.1) is 0 Å². The number of rotatable bonds is 4. The molecule has 0 aliphatic carbocycles. The van der Waals surface area contributed by atoms with Gasteiger partial charge in [-0.2, -0.15) is 13.5 Å². The number of benzene rings is 2. The first kappa shape index (κ1) is 15.3. The first-order valence-electron chi connectivity index (χ1n) is 5.71. The number of phenolic OH excluding ortho intramolecular Hbond substituents is 2. The molecule has 0 amide bonds. The molecule has 0 saturated carbocycles. The lowest BCUT2D eigenvalue weighted by Crippen LogP contribution is -2.18. The summed E-state index contributed by atoms with van der Waals surface area (Å²) < 4.78 is 24.6. The van der Waals surface area contributed by atoms with Crippen molar-refractivity contribution in [2.24, 2.45) is 5.10 Å². The number of hydrogen-bond acceptors (Lipinski definition) is 5. The Kier molecular flexibility index (Phi) is 4.49. The summed E-state index contributed by atoms with van der Waals surface area (Å²) in [6.07, 6.45) is 1.22. The molecule has 0 unspecified atom stereocenters. The van der Waals surface area contributed by atoms with Gasteiger partial charge in [-0.25, -0.2) is 4.83 Å². The van der Waals surface area contributed by atoms with E-state index >= 15 is 0 Å².